The minimum absolute atomic E-state index is 0.0353. The van der Waals surface area contributed by atoms with Crippen LogP contribution in [0.4, 0.5) is 4.39 Å². The quantitative estimate of drug-likeness (QED) is 0.884. The van der Waals surface area contributed by atoms with E-state index in [1.54, 1.807) is 16.8 Å². The highest BCUT2D eigenvalue weighted by molar-refractivity contribution is 5.33. The summed E-state index contributed by atoms with van der Waals surface area (Å²) in [6.07, 6.45) is 3.23. The van der Waals surface area contributed by atoms with Crippen molar-refractivity contribution in [3.8, 4) is 5.69 Å². The molecular formula is C18H25FN4O. The van der Waals surface area contributed by atoms with Crippen LogP contribution in [0.2, 0.25) is 0 Å². The number of nitrogens with one attached hydrogen (secondary N) is 1. The van der Waals surface area contributed by atoms with Gasteiger partial charge in [-0.3, -0.25) is 0 Å². The van der Waals surface area contributed by atoms with E-state index in [1.165, 1.54) is 12.1 Å². The van der Waals surface area contributed by atoms with Gasteiger partial charge in [0.2, 0.25) is 0 Å². The van der Waals surface area contributed by atoms with Crippen molar-refractivity contribution in [2.24, 2.45) is 5.41 Å². The van der Waals surface area contributed by atoms with Crippen LogP contribution >= 0.6 is 0 Å². The van der Waals surface area contributed by atoms with Crippen LogP contribution in [0.1, 0.15) is 50.5 Å². The smallest absolute Gasteiger partial charge is 0.123 e. The minimum atomic E-state index is -0.267. The molecule has 0 saturated heterocycles. The Morgan fingerprint density at radius 2 is 2.12 bits per heavy atom. The molecule has 24 heavy (non-hydrogen) atoms. The zero-order valence-electron chi connectivity index (χ0n) is 14.5. The third kappa shape index (κ3) is 3.08. The Kier molecular flexibility index (Phi) is 4.69. The van der Waals surface area contributed by atoms with Gasteiger partial charge in [0.1, 0.15) is 11.5 Å². The van der Waals surface area contributed by atoms with Crippen molar-refractivity contribution < 1.29 is 9.50 Å². The SMILES string of the molecule is Cc1c(C(C)NC2CCCC2(C)CO)nnn1-c1ccc(F)cc1. The number of nitrogens with zero attached hydrogens (tertiary/aromatic N) is 3. The molecule has 3 atom stereocenters. The summed E-state index contributed by atoms with van der Waals surface area (Å²) in [6.45, 7) is 6.37. The monoisotopic (exact) mass is 332 g/mol. The molecule has 0 amide bonds. The number of benzene rings is 1. The van der Waals surface area contributed by atoms with E-state index in [4.69, 9.17) is 0 Å². The predicted molar refractivity (Wildman–Crippen MR) is 90.4 cm³/mol. The summed E-state index contributed by atoms with van der Waals surface area (Å²) in [6, 6.07) is 6.53. The summed E-state index contributed by atoms with van der Waals surface area (Å²) in [7, 11) is 0. The fourth-order valence-corrected chi connectivity index (χ4v) is 3.66. The second-order valence-electron chi connectivity index (χ2n) is 7.09. The van der Waals surface area contributed by atoms with Crippen molar-refractivity contribution >= 4 is 0 Å². The minimum Gasteiger partial charge on any atom is -0.396 e. The van der Waals surface area contributed by atoms with Crippen molar-refractivity contribution in [1.82, 2.24) is 20.3 Å². The molecule has 0 spiro atoms. The van der Waals surface area contributed by atoms with Gasteiger partial charge in [-0.2, -0.15) is 0 Å². The van der Waals surface area contributed by atoms with Crippen molar-refractivity contribution in [2.75, 3.05) is 6.61 Å². The van der Waals surface area contributed by atoms with E-state index < -0.39 is 0 Å². The van der Waals surface area contributed by atoms with Crippen molar-refractivity contribution in [2.45, 2.75) is 52.1 Å². The van der Waals surface area contributed by atoms with Crippen LogP contribution in [0.25, 0.3) is 5.69 Å². The van der Waals surface area contributed by atoms with Gasteiger partial charge in [-0.15, -0.1) is 5.10 Å². The van der Waals surface area contributed by atoms with Crippen LogP contribution in [-0.2, 0) is 0 Å². The Morgan fingerprint density at radius 3 is 2.79 bits per heavy atom. The highest BCUT2D eigenvalue weighted by atomic mass is 19.1. The summed E-state index contributed by atoms with van der Waals surface area (Å²) in [5.41, 5.74) is 2.53. The van der Waals surface area contributed by atoms with Crippen molar-refractivity contribution in [3.63, 3.8) is 0 Å². The third-order valence-corrected chi connectivity index (χ3v) is 5.31. The van der Waals surface area contributed by atoms with Crippen LogP contribution in [-0.4, -0.2) is 32.7 Å². The molecule has 6 heteroatoms. The van der Waals surface area contributed by atoms with Crippen LogP contribution in [0.15, 0.2) is 24.3 Å². The van der Waals surface area contributed by atoms with E-state index in [2.05, 4.69) is 29.5 Å². The second kappa shape index (κ2) is 6.61. The standard InChI is InChI=1S/C18H25FN4O/c1-12(20-16-5-4-10-18(16,3)11-24)17-13(2)23(22-21-17)15-8-6-14(19)7-9-15/h6-9,12,16,20,24H,4-5,10-11H2,1-3H3. The molecule has 1 fully saturated rings. The predicted octanol–water partition coefficient (Wildman–Crippen LogP) is 2.92. The van der Waals surface area contributed by atoms with Gasteiger partial charge >= 0.3 is 0 Å². The zero-order chi connectivity index (χ0) is 17.3. The molecule has 1 aliphatic rings. The maximum atomic E-state index is 13.1. The van der Waals surface area contributed by atoms with E-state index in [-0.39, 0.29) is 29.9 Å². The highest BCUT2D eigenvalue weighted by Gasteiger charge is 2.39. The number of hydrogen-bond acceptors (Lipinski definition) is 4. The molecule has 1 aliphatic carbocycles. The lowest BCUT2D eigenvalue weighted by atomic mass is 9.85. The number of aliphatic hydroxyl groups excluding tert-OH is 1. The lowest BCUT2D eigenvalue weighted by Crippen LogP contribution is -2.43. The first-order chi connectivity index (χ1) is 11.4. The molecule has 0 radical (unpaired) electrons. The Balaban J connectivity index is 1.79. The molecule has 1 heterocycles. The zero-order valence-corrected chi connectivity index (χ0v) is 14.5. The van der Waals surface area contributed by atoms with Gasteiger partial charge in [0.25, 0.3) is 0 Å². The molecule has 130 valence electrons. The number of halogens is 1. The van der Waals surface area contributed by atoms with Gasteiger partial charge in [-0.25, -0.2) is 9.07 Å². The maximum Gasteiger partial charge on any atom is 0.123 e. The number of rotatable bonds is 5. The Morgan fingerprint density at radius 1 is 1.42 bits per heavy atom. The summed E-state index contributed by atoms with van der Waals surface area (Å²) in [4.78, 5) is 0. The molecule has 2 aromatic rings. The molecule has 1 saturated carbocycles. The Hall–Kier alpha value is -1.79. The average Bonchev–Trinajstić information content (AvgIpc) is 3.12. The number of aromatic nitrogens is 3. The van der Waals surface area contributed by atoms with E-state index in [1.807, 2.05) is 6.92 Å². The largest absolute Gasteiger partial charge is 0.396 e. The normalized spacial score (nSPS) is 25.1. The lowest BCUT2D eigenvalue weighted by molar-refractivity contribution is 0.114. The molecule has 1 aromatic carbocycles. The van der Waals surface area contributed by atoms with Crippen molar-refractivity contribution in [1.29, 1.82) is 0 Å². The molecule has 0 bridgehead atoms. The van der Waals surface area contributed by atoms with Crippen LogP contribution < -0.4 is 5.32 Å². The summed E-state index contributed by atoms with van der Waals surface area (Å²) < 4.78 is 14.8. The molecule has 3 rings (SSSR count). The molecule has 1 aromatic heterocycles. The van der Waals surface area contributed by atoms with E-state index >= 15 is 0 Å². The number of hydrogen-bond donors (Lipinski definition) is 2. The molecule has 5 nitrogen and oxygen atoms in total. The topological polar surface area (TPSA) is 63.0 Å². The fourth-order valence-electron chi connectivity index (χ4n) is 3.66. The van der Waals surface area contributed by atoms with Gasteiger partial charge in [-0.05, 0) is 51.0 Å². The number of aliphatic hydroxyl groups is 1. The Labute approximate surface area is 141 Å². The highest BCUT2D eigenvalue weighted by Crippen LogP contribution is 2.38. The second-order valence-corrected chi connectivity index (χ2v) is 7.09. The Bertz CT molecular complexity index is 700. The van der Waals surface area contributed by atoms with Gasteiger partial charge in [0.05, 0.1) is 17.4 Å². The molecule has 2 N–H and O–H groups in total. The van der Waals surface area contributed by atoms with Gasteiger partial charge in [0, 0.05) is 18.1 Å². The van der Waals surface area contributed by atoms with Gasteiger partial charge in [0.15, 0.2) is 0 Å². The van der Waals surface area contributed by atoms with E-state index in [0.29, 0.717) is 0 Å². The first-order valence-corrected chi connectivity index (χ1v) is 8.49. The third-order valence-electron chi connectivity index (χ3n) is 5.31. The van der Waals surface area contributed by atoms with Crippen LogP contribution in [0.5, 0.6) is 0 Å². The molecule has 3 unspecified atom stereocenters. The van der Waals surface area contributed by atoms with Gasteiger partial charge < -0.3 is 10.4 Å². The van der Waals surface area contributed by atoms with Crippen LogP contribution in [0.3, 0.4) is 0 Å². The van der Waals surface area contributed by atoms with Crippen molar-refractivity contribution in [3.05, 3.63) is 41.5 Å². The van der Waals surface area contributed by atoms with Gasteiger partial charge in [-0.1, -0.05) is 18.6 Å². The first-order valence-electron chi connectivity index (χ1n) is 8.49. The molecule has 0 aliphatic heterocycles. The fraction of sp³-hybridized carbons (Fsp3) is 0.556. The summed E-state index contributed by atoms with van der Waals surface area (Å²) in [5.74, 6) is -0.267. The van der Waals surface area contributed by atoms with Crippen LogP contribution in [0, 0.1) is 18.2 Å². The molecular weight excluding hydrogens is 307 g/mol. The maximum absolute atomic E-state index is 13.1. The van der Waals surface area contributed by atoms with E-state index in [9.17, 15) is 9.50 Å². The first kappa shape index (κ1) is 17.0. The average molecular weight is 332 g/mol. The lowest BCUT2D eigenvalue weighted by Gasteiger charge is -2.32. The summed E-state index contributed by atoms with van der Waals surface area (Å²) >= 11 is 0. The summed E-state index contributed by atoms with van der Waals surface area (Å²) in [5, 5.41) is 21.9. The van der Waals surface area contributed by atoms with E-state index in [0.717, 1.165) is 36.3 Å².